The Bertz CT molecular complexity index is 362. The van der Waals surface area contributed by atoms with Gasteiger partial charge in [0.25, 0.3) is 0 Å². The highest BCUT2D eigenvalue weighted by atomic mass is 16.5. The fraction of sp³-hybridized carbons (Fsp3) is 0.647. The first kappa shape index (κ1) is 16.0. The monoisotopic (exact) mass is 263 g/mol. The molecule has 0 saturated heterocycles. The Morgan fingerprint density at radius 3 is 2.68 bits per heavy atom. The summed E-state index contributed by atoms with van der Waals surface area (Å²) in [5, 5.41) is 0. The molecule has 0 fully saturated rings. The number of benzene rings is 1. The lowest BCUT2D eigenvalue weighted by Crippen LogP contribution is -2.23. The largest absolute Gasteiger partial charge is 0.493 e. The van der Waals surface area contributed by atoms with E-state index in [-0.39, 0.29) is 0 Å². The molecular formula is C17H29NO. The Morgan fingerprint density at radius 2 is 2.00 bits per heavy atom. The minimum Gasteiger partial charge on any atom is -0.493 e. The van der Waals surface area contributed by atoms with E-state index in [2.05, 4.69) is 36.9 Å². The van der Waals surface area contributed by atoms with Gasteiger partial charge in [0, 0.05) is 6.54 Å². The minimum atomic E-state index is 0.878. The van der Waals surface area contributed by atoms with Crippen molar-refractivity contribution in [1.82, 2.24) is 4.90 Å². The molecule has 1 aliphatic heterocycles. The molecule has 1 aromatic rings. The molecule has 0 bridgehead atoms. The van der Waals surface area contributed by atoms with Crippen molar-refractivity contribution in [1.29, 1.82) is 0 Å². The molecule has 0 spiro atoms. The second kappa shape index (κ2) is 8.98. The van der Waals surface area contributed by atoms with Crippen molar-refractivity contribution in [3.8, 4) is 5.75 Å². The summed E-state index contributed by atoms with van der Waals surface area (Å²) in [6.07, 6.45) is 3.54. The van der Waals surface area contributed by atoms with Crippen molar-refractivity contribution in [2.75, 3.05) is 19.7 Å². The van der Waals surface area contributed by atoms with Crippen molar-refractivity contribution < 1.29 is 4.74 Å². The third-order valence-electron chi connectivity index (χ3n) is 3.37. The molecule has 2 nitrogen and oxygen atoms in total. The number of fused-ring (bicyclic) bond motifs is 1. The first-order chi connectivity index (χ1) is 9.33. The summed E-state index contributed by atoms with van der Waals surface area (Å²) in [4.78, 5) is 2.48. The second-order valence-corrected chi connectivity index (χ2v) is 4.76. The zero-order valence-electron chi connectivity index (χ0n) is 13.0. The van der Waals surface area contributed by atoms with Crippen LogP contribution in [-0.2, 0) is 13.0 Å². The van der Waals surface area contributed by atoms with Gasteiger partial charge in [0.15, 0.2) is 0 Å². The van der Waals surface area contributed by atoms with Gasteiger partial charge < -0.3 is 4.74 Å². The number of hydrogen-bond donors (Lipinski definition) is 0. The number of rotatable bonds is 5. The highest BCUT2D eigenvalue weighted by molar-refractivity contribution is 5.38. The van der Waals surface area contributed by atoms with Crippen LogP contribution in [0.4, 0.5) is 0 Å². The van der Waals surface area contributed by atoms with Crippen LogP contribution in [0, 0.1) is 0 Å². The Labute approximate surface area is 118 Å². The van der Waals surface area contributed by atoms with Crippen molar-refractivity contribution in [3.05, 3.63) is 29.3 Å². The summed E-state index contributed by atoms with van der Waals surface area (Å²) in [5.74, 6) is 1.11. The number of hydrogen-bond acceptors (Lipinski definition) is 2. The Morgan fingerprint density at radius 1 is 1.21 bits per heavy atom. The van der Waals surface area contributed by atoms with Crippen molar-refractivity contribution in [2.24, 2.45) is 0 Å². The molecule has 2 heteroatoms. The Hall–Kier alpha value is -1.02. The molecule has 0 unspecified atom stereocenters. The molecule has 0 amide bonds. The molecule has 1 heterocycles. The van der Waals surface area contributed by atoms with E-state index in [1.807, 2.05) is 13.8 Å². The fourth-order valence-corrected chi connectivity index (χ4v) is 2.41. The molecule has 1 aliphatic rings. The molecule has 2 rings (SSSR count). The van der Waals surface area contributed by atoms with Gasteiger partial charge in [0.1, 0.15) is 5.75 Å². The molecule has 0 aromatic heterocycles. The summed E-state index contributed by atoms with van der Waals surface area (Å²) in [6, 6.07) is 6.72. The number of ether oxygens (including phenoxy) is 1. The highest BCUT2D eigenvalue weighted by Gasteiger charge is 2.11. The lowest BCUT2D eigenvalue weighted by atomic mass is 10.0. The minimum absolute atomic E-state index is 0.878. The van der Waals surface area contributed by atoms with Crippen LogP contribution in [0.15, 0.2) is 18.2 Å². The van der Waals surface area contributed by atoms with E-state index in [0.29, 0.717) is 0 Å². The first-order valence-corrected chi connectivity index (χ1v) is 7.80. The summed E-state index contributed by atoms with van der Waals surface area (Å²) >= 11 is 0. The van der Waals surface area contributed by atoms with E-state index in [9.17, 15) is 0 Å². The third-order valence-corrected chi connectivity index (χ3v) is 3.37. The predicted octanol–water partition coefficient (Wildman–Crippen LogP) is 4.27. The van der Waals surface area contributed by atoms with Gasteiger partial charge in [-0.1, -0.05) is 39.8 Å². The third kappa shape index (κ3) is 4.87. The predicted molar refractivity (Wildman–Crippen MR) is 82.8 cm³/mol. The van der Waals surface area contributed by atoms with E-state index >= 15 is 0 Å². The van der Waals surface area contributed by atoms with E-state index in [1.54, 1.807) is 0 Å². The van der Waals surface area contributed by atoms with E-state index in [4.69, 9.17) is 4.74 Å². The molecule has 108 valence electrons. The molecule has 0 saturated carbocycles. The van der Waals surface area contributed by atoms with Crippen LogP contribution in [-0.4, -0.2) is 24.6 Å². The van der Waals surface area contributed by atoms with Crippen LogP contribution >= 0.6 is 0 Å². The van der Waals surface area contributed by atoms with Gasteiger partial charge in [0.2, 0.25) is 0 Å². The fourth-order valence-electron chi connectivity index (χ4n) is 2.41. The smallest absolute Gasteiger partial charge is 0.122 e. The average molecular weight is 263 g/mol. The zero-order valence-corrected chi connectivity index (χ0v) is 13.0. The molecule has 19 heavy (non-hydrogen) atoms. The van der Waals surface area contributed by atoms with E-state index < -0.39 is 0 Å². The van der Waals surface area contributed by atoms with E-state index in [0.717, 1.165) is 31.9 Å². The van der Waals surface area contributed by atoms with Crippen LogP contribution in [0.3, 0.4) is 0 Å². The van der Waals surface area contributed by atoms with Gasteiger partial charge >= 0.3 is 0 Å². The van der Waals surface area contributed by atoms with Gasteiger partial charge in [-0.2, -0.15) is 0 Å². The van der Waals surface area contributed by atoms with Gasteiger partial charge in [-0.05, 0) is 49.5 Å². The number of aryl methyl sites for hydroxylation is 1. The van der Waals surface area contributed by atoms with Gasteiger partial charge in [-0.15, -0.1) is 0 Å². The topological polar surface area (TPSA) is 12.5 Å². The highest BCUT2D eigenvalue weighted by Crippen LogP contribution is 2.26. The molecule has 0 aliphatic carbocycles. The van der Waals surface area contributed by atoms with E-state index in [1.165, 1.54) is 30.5 Å². The quantitative estimate of drug-likeness (QED) is 0.786. The summed E-state index contributed by atoms with van der Waals surface area (Å²) in [6.45, 7) is 12.7. The molecule has 0 atom stereocenters. The lowest BCUT2D eigenvalue weighted by molar-refractivity contribution is 0.275. The maximum atomic E-state index is 5.72. The van der Waals surface area contributed by atoms with Crippen molar-refractivity contribution in [3.63, 3.8) is 0 Å². The Balaban J connectivity index is 0.000000861. The van der Waals surface area contributed by atoms with Gasteiger partial charge in [-0.25, -0.2) is 0 Å². The van der Waals surface area contributed by atoms with Crippen LogP contribution < -0.4 is 4.74 Å². The standard InChI is InChI=1S/C15H23NO.C2H6/c1-3-9-16(4-2)12-13-7-8-14-6-5-10-17-15(14)11-13;1-2/h7-8,11H,3-6,9-10,12H2,1-2H3;1-2H3. The molecule has 0 N–H and O–H groups in total. The van der Waals surface area contributed by atoms with Crippen LogP contribution in [0.1, 0.15) is 51.7 Å². The normalized spacial score (nSPS) is 13.3. The SMILES string of the molecule is CC.CCCN(CC)Cc1ccc2c(c1)OCCC2. The van der Waals surface area contributed by atoms with Crippen LogP contribution in [0.5, 0.6) is 5.75 Å². The first-order valence-electron chi connectivity index (χ1n) is 7.80. The molecule has 0 radical (unpaired) electrons. The van der Waals surface area contributed by atoms with Crippen LogP contribution in [0.25, 0.3) is 0 Å². The maximum absolute atomic E-state index is 5.72. The second-order valence-electron chi connectivity index (χ2n) is 4.76. The van der Waals surface area contributed by atoms with Crippen molar-refractivity contribution >= 4 is 0 Å². The summed E-state index contributed by atoms with van der Waals surface area (Å²) < 4.78 is 5.72. The average Bonchev–Trinajstić information content (AvgIpc) is 2.48. The maximum Gasteiger partial charge on any atom is 0.122 e. The summed E-state index contributed by atoms with van der Waals surface area (Å²) in [5.41, 5.74) is 2.75. The van der Waals surface area contributed by atoms with Crippen molar-refractivity contribution in [2.45, 2.75) is 53.5 Å². The lowest BCUT2D eigenvalue weighted by Gasteiger charge is -2.22. The van der Waals surface area contributed by atoms with Gasteiger partial charge in [0.05, 0.1) is 6.61 Å². The summed E-state index contributed by atoms with van der Waals surface area (Å²) in [7, 11) is 0. The molecular weight excluding hydrogens is 234 g/mol. The number of nitrogens with zero attached hydrogens (tertiary/aromatic N) is 1. The van der Waals surface area contributed by atoms with Gasteiger partial charge in [-0.3, -0.25) is 4.90 Å². The van der Waals surface area contributed by atoms with Crippen LogP contribution in [0.2, 0.25) is 0 Å². The zero-order chi connectivity index (χ0) is 14.1. The Kier molecular flexibility index (Phi) is 7.57. The molecule has 1 aromatic carbocycles.